The quantitative estimate of drug-likeness (QED) is 0.418. The van der Waals surface area contributed by atoms with Gasteiger partial charge in [0.2, 0.25) is 5.95 Å². The van der Waals surface area contributed by atoms with E-state index in [1.165, 1.54) is 11.1 Å². The SMILES string of the molecule is CN1CCc2ccc(Nc3ncc4c(=O)n5c(nc4n3)c3ccccc3n5-c3ccccn3)cc2C1. The maximum absolute atomic E-state index is 13.7. The largest absolute Gasteiger partial charge is 0.324 e. The molecule has 4 aromatic heterocycles. The van der Waals surface area contributed by atoms with E-state index in [4.69, 9.17) is 4.98 Å². The Bertz CT molecular complexity index is 1840. The first kappa shape index (κ1) is 20.7. The third kappa shape index (κ3) is 3.24. The normalized spacial score (nSPS) is 13.9. The van der Waals surface area contributed by atoms with E-state index >= 15 is 0 Å². The van der Waals surface area contributed by atoms with Crippen LogP contribution < -0.4 is 10.9 Å². The van der Waals surface area contributed by atoms with Crippen molar-refractivity contribution in [2.45, 2.75) is 13.0 Å². The molecule has 1 aliphatic rings. The minimum atomic E-state index is -0.250. The summed E-state index contributed by atoms with van der Waals surface area (Å²) < 4.78 is 3.33. The minimum absolute atomic E-state index is 0.250. The molecule has 0 radical (unpaired) electrons. The monoisotopic (exact) mass is 474 g/mol. The van der Waals surface area contributed by atoms with Gasteiger partial charge in [-0.2, -0.15) is 9.50 Å². The molecule has 9 heteroatoms. The molecule has 6 aromatic rings. The van der Waals surface area contributed by atoms with Crippen LogP contribution in [0.25, 0.3) is 33.4 Å². The average Bonchev–Trinajstić information content (AvgIpc) is 3.23. The van der Waals surface area contributed by atoms with Gasteiger partial charge in [-0.3, -0.25) is 4.79 Å². The fourth-order valence-electron chi connectivity index (χ4n) is 4.95. The number of para-hydroxylation sites is 1. The summed E-state index contributed by atoms with van der Waals surface area (Å²) in [5, 5.41) is 4.47. The molecule has 0 saturated heterocycles. The van der Waals surface area contributed by atoms with Gasteiger partial charge in [-0.15, -0.1) is 0 Å². The number of nitrogens with one attached hydrogen (secondary N) is 1. The lowest BCUT2D eigenvalue weighted by atomic mass is 9.99. The lowest BCUT2D eigenvalue weighted by Gasteiger charge is -2.25. The van der Waals surface area contributed by atoms with E-state index < -0.39 is 0 Å². The van der Waals surface area contributed by atoms with Gasteiger partial charge in [0.15, 0.2) is 17.1 Å². The molecule has 0 atom stereocenters. The first-order valence-corrected chi connectivity index (χ1v) is 11.8. The number of nitrogens with zero attached hydrogens (tertiary/aromatic N) is 7. The highest BCUT2D eigenvalue weighted by Crippen LogP contribution is 2.26. The number of benzene rings is 2. The lowest BCUT2D eigenvalue weighted by molar-refractivity contribution is 0.313. The van der Waals surface area contributed by atoms with E-state index in [0.29, 0.717) is 28.4 Å². The predicted molar refractivity (Wildman–Crippen MR) is 139 cm³/mol. The van der Waals surface area contributed by atoms with Crippen molar-refractivity contribution in [3.63, 3.8) is 0 Å². The molecule has 9 nitrogen and oxygen atoms in total. The van der Waals surface area contributed by atoms with E-state index in [-0.39, 0.29) is 5.56 Å². The predicted octanol–water partition coefficient (Wildman–Crippen LogP) is 3.71. The number of aromatic nitrogens is 6. The summed E-state index contributed by atoms with van der Waals surface area (Å²) >= 11 is 0. The third-order valence-corrected chi connectivity index (χ3v) is 6.71. The highest BCUT2D eigenvalue weighted by Gasteiger charge is 2.19. The second-order valence-electron chi connectivity index (χ2n) is 9.10. The molecule has 5 heterocycles. The maximum Gasteiger partial charge on any atom is 0.284 e. The number of likely N-dealkylation sites (N-methyl/N-ethyl adjacent to an activating group) is 1. The van der Waals surface area contributed by atoms with Gasteiger partial charge in [-0.25, -0.2) is 19.6 Å². The molecule has 0 saturated carbocycles. The molecule has 0 fully saturated rings. The first-order chi connectivity index (χ1) is 17.7. The number of rotatable bonds is 3. The van der Waals surface area contributed by atoms with Gasteiger partial charge in [0, 0.05) is 36.6 Å². The van der Waals surface area contributed by atoms with Crippen LogP contribution in [0.2, 0.25) is 0 Å². The molecule has 0 bridgehead atoms. The van der Waals surface area contributed by atoms with Gasteiger partial charge in [-0.1, -0.05) is 24.3 Å². The topological polar surface area (TPSA) is 93.2 Å². The summed E-state index contributed by atoms with van der Waals surface area (Å²) in [6, 6.07) is 19.7. The van der Waals surface area contributed by atoms with Crippen LogP contribution in [0.1, 0.15) is 11.1 Å². The molecule has 0 aliphatic carbocycles. The molecule has 2 aromatic carbocycles. The summed E-state index contributed by atoms with van der Waals surface area (Å²) in [6.07, 6.45) is 4.29. The molecule has 176 valence electrons. The molecular weight excluding hydrogens is 452 g/mol. The van der Waals surface area contributed by atoms with E-state index in [1.807, 2.05) is 48.5 Å². The van der Waals surface area contributed by atoms with Gasteiger partial charge in [0.1, 0.15) is 5.39 Å². The zero-order valence-corrected chi connectivity index (χ0v) is 19.6. The van der Waals surface area contributed by atoms with Crippen LogP contribution >= 0.6 is 0 Å². The van der Waals surface area contributed by atoms with Crippen molar-refractivity contribution < 1.29 is 0 Å². The lowest BCUT2D eigenvalue weighted by Crippen LogP contribution is -2.26. The molecule has 7 rings (SSSR count). The molecule has 1 N–H and O–H groups in total. The Kier molecular flexibility index (Phi) is 4.58. The molecule has 36 heavy (non-hydrogen) atoms. The van der Waals surface area contributed by atoms with Gasteiger partial charge in [-0.05, 0) is 61.0 Å². The van der Waals surface area contributed by atoms with E-state index in [9.17, 15) is 4.79 Å². The van der Waals surface area contributed by atoms with Gasteiger partial charge < -0.3 is 10.2 Å². The van der Waals surface area contributed by atoms with Gasteiger partial charge in [0.25, 0.3) is 5.56 Å². The smallest absolute Gasteiger partial charge is 0.284 e. The molecular formula is C27H22N8O. The van der Waals surface area contributed by atoms with Crippen molar-refractivity contribution in [2.75, 3.05) is 18.9 Å². The maximum atomic E-state index is 13.7. The van der Waals surface area contributed by atoms with Crippen LogP contribution in [0.4, 0.5) is 11.6 Å². The van der Waals surface area contributed by atoms with Gasteiger partial charge in [0.05, 0.1) is 5.52 Å². The van der Waals surface area contributed by atoms with Crippen LogP contribution in [-0.2, 0) is 13.0 Å². The second-order valence-corrected chi connectivity index (χ2v) is 9.10. The number of hydrogen-bond acceptors (Lipinski definition) is 7. The Hall–Kier alpha value is -4.63. The molecule has 0 spiro atoms. The van der Waals surface area contributed by atoms with Crippen molar-refractivity contribution in [1.82, 2.24) is 34.0 Å². The molecule has 0 amide bonds. The van der Waals surface area contributed by atoms with Crippen LogP contribution in [0.5, 0.6) is 0 Å². The Labute approximate surface area is 205 Å². The Morgan fingerprint density at radius 2 is 1.81 bits per heavy atom. The van der Waals surface area contributed by atoms with Crippen molar-refractivity contribution >= 4 is 39.2 Å². The summed E-state index contributed by atoms with van der Waals surface area (Å²) in [7, 11) is 2.13. The summed E-state index contributed by atoms with van der Waals surface area (Å²) in [5.41, 5.74) is 5.04. The van der Waals surface area contributed by atoms with Crippen LogP contribution in [0, 0.1) is 0 Å². The summed E-state index contributed by atoms with van der Waals surface area (Å²) in [5.74, 6) is 1.03. The van der Waals surface area contributed by atoms with Gasteiger partial charge >= 0.3 is 0 Å². The van der Waals surface area contributed by atoms with E-state index in [2.05, 4.69) is 44.3 Å². The van der Waals surface area contributed by atoms with Crippen LogP contribution in [-0.4, -0.2) is 47.6 Å². The van der Waals surface area contributed by atoms with Crippen molar-refractivity contribution in [2.24, 2.45) is 0 Å². The van der Waals surface area contributed by atoms with Crippen molar-refractivity contribution in [1.29, 1.82) is 0 Å². The third-order valence-electron chi connectivity index (χ3n) is 6.71. The highest BCUT2D eigenvalue weighted by atomic mass is 16.1. The Morgan fingerprint density at radius 3 is 2.69 bits per heavy atom. The number of fused-ring (bicyclic) bond motifs is 5. The highest BCUT2D eigenvalue weighted by molar-refractivity contribution is 5.95. The Morgan fingerprint density at radius 1 is 0.917 bits per heavy atom. The Balaban J connectivity index is 1.38. The summed E-state index contributed by atoms with van der Waals surface area (Å²) in [4.78, 5) is 34.3. The second kappa shape index (κ2) is 7.96. The number of anilines is 2. The fraction of sp³-hybridized carbons (Fsp3) is 0.148. The standard InChI is InChI=1S/C27H22N8O/c1-33-13-11-17-9-10-19(14-18(17)16-33)30-27-29-15-21-24(32-27)31-25-20-6-2-3-7-22(20)34(35(25)26(21)36)23-8-4-5-12-28-23/h2-10,12,14-15H,11,13,16H2,1H3,(H,29,30,32). The zero-order valence-electron chi connectivity index (χ0n) is 19.6. The molecule has 0 unspecified atom stereocenters. The van der Waals surface area contributed by atoms with Crippen molar-refractivity contribution in [3.05, 3.63) is 94.5 Å². The summed E-state index contributed by atoms with van der Waals surface area (Å²) in [6.45, 7) is 1.99. The zero-order chi connectivity index (χ0) is 24.2. The van der Waals surface area contributed by atoms with Crippen LogP contribution in [0.15, 0.2) is 77.9 Å². The van der Waals surface area contributed by atoms with Crippen LogP contribution in [0.3, 0.4) is 0 Å². The number of pyridine rings is 1. The van der Waals surface area contributed by atoms with E-state index in [0.717, 1.165) is 36.1 Å². The fourth-order valence-corrected chi connectivity index (χ4v) is 4.95. The molecule has 1 aliphatic heterocycles. The van der Waals surface area contributed by atoms with E-state index in [1.54, 1.807) is 21.6 Å². The average molecular weight is 475 g/mol. The van der Waals surface area contributed by atoms with Crippen molar-refractivity contribution in [3.8, 4) is 5.82 Å². The first-order valence-electron chi connectivity index (χ1n) is 11.8. The number of hydrogen-bond donors (Lipinski definition) is 1. The minimum Gasteiger partial charge on any atom is -0.324 e.